The molecule has 1 aromatic carbocycles. The van der Waals surface area contributed by atoms with Crippen molar-refractivity contribution in [1.82, 2.24) is 0 Å². The quantitative estimate of drug-likeness (QED) is 0.349. The molecule has 5 heteroatoms. The standard InChI is InChI=1S/C18H28O5/c1-3-4-5-6-15(20)12-16(23-13(2)19)9-7-14-8-10-17(21)18(22)11-14/h8,10-11,15-16,20-22H,3-7,9,12H2,1-2H3/t15-,16-/m0/s1. The summed E-state index contributed by atoms with van der Waals surface area (Å²) in [5, 5.41) is 28.9. The van der Waals surface area contributed by atoms with Gasteiger partial charge in [-0.3, -0.25) is 4.79 Å². The van der Waals surface area contributed by atoms with Gasteiger partial charge in [-0.1, -0.05) is 32.3 Å². The minimum atomic E-state index is -0.473. The van der Waals surface area contributed by atoms with Crippen molar-refractivity contribution < 1.29 is 24.9 Å². The zero-order valence-electron chi connectivity index (χ0n) is 14.0. The third-order valence-corrected chi connectivity index (χ3v) is 3.80. The molecule has 0 unspecified atom stereocenters. The predicted octanol–water partition coefficient (Wildman–Crippen LogP) is 3.29. The molecule has 1 rings (SSSR count). The molecule has 0 fully saturated rings. The minimum absolute atomic E-state index is 0.156. The summed E-state index contributed by atoms with van der Waals surface area (Å²) in [6.07, 6.45) is 4.63. The number of aromatic hydroxyl groups is 2. The second-order valence-corrected chi connectivity index (χ2v) is 5.98. The van der Waals surface area contributed by atoms with Crippen molar-refractivity contribution in [1.29, 1.82) is 0 Å². The Morgan fingerprint density at radius 3 is 2.52 bits per heavy atom. The van der Waals surface area contributed by atoms with Gasteiger partial charge in [0.1, 0.15) is 6.10 Å². The number of carbonyl (C=O) groups excluding carboxylic acids is 1. The summed E-state index contributed by atoms with van der Waals surface area (Å²) >= 11 is 0. The fourth-order valence-corrected chi connectivity index (χ4v) is 2.56. The van der Waals surface area contributed by atoms with Gasteiger partial charge in [-0.15, -0.1) is 0 Å². The Morgan fingerprint density at radius 2 is 1.91 bits per heavy atom. The van der Waals surface area contributed by atoms with E-state index in [2.05, 4.69) is 6.92 Å². The van der Waals surface area contributed by atoms with Crippen LogP contribution in [0.15, 0.2) is 18.2 Å². The molecule has 0 aliphatic carbocycles. The Bertz CT molecular complexity index is 486. The van der Waals surface area contributed by atoms with Crippen LogP contribution in [0.1, 0.15) is 57.9 Å². The van der Waals surface area contributed by atoms with Gasteiger partial charge in [0.25, 0.3) is 0 Å². The minimum Gasteiger partial charge on any atom is -0.504 e. The maximum Gasteiger partial charge on any atom is 0.302 e. The van der Waals surface area contributed by atoms with Crippen molar-refractivity contribution in [2.75, 3.05) is 0 Å². The van der Waals surface area contributed by atoms with Crippen LogP contribution in [0.25, 0.3) is 0 Å². The van der Waals surface area contributed by atoms with Crippen LogP contribution in [-0.2, 0) is 16.0 Å². The molecule has 0 radical (unpaired) electrons. The van der Waals surface area contributed by atoms with E-state index in [1.807, 2.05) is 0 Å². The zero-order chi connectivity index (χ0) is 17.2. The van der Waals surface area contributed by atoms with Gasteiger partial charge in [-0.2, -0.15) is 0 Å². The Balaban J connectivity index is 2.52. The van der Waals surface area contributed by atoms with Crippen LogP contribution < -0.4 is 0 Å². The first-order chi connectivity index (χ1) is 10.9. The zero-order valence-corrected chi connectivity index (χ0v) is 14.0. The van der Waals surface area contributed by atoms with Crippen LogP contribution in [0, 0.1) is 0 Å². The Hall–Kier alpha value is -1.75. The molecule has 0 heterocycles. The third-order valence-electron chi connectivity index (χ3n) is 3.80. The lowest BCUT2D eigenvalue weighted by Gasteiger charge is -2.20. The van der Waals surface area contributed by atoms with Gasteiger partial charge in [0.2, 0.25) is 0 Å². The Labute approximate surface area is 137 Å². The molecule has 3 N–H and O–H groups in total. The molecular weight excluding hydrogens is 296 g/mol. The molecule has 0 aliphatic rings. The smallest absolute Gasteiger partial charge is 0.302 e. The van der Waals surface area contributed by atoms with Crippen molar-refractivity contribution in [3.05, 3.63) is 23.8 Å². The van der Waals surface area contributed by atoms with Crippen LogP contribution >= 0.6 is 0 Å². The van der Waals surface area contributed by atoms with E-state index in [0.717, 1.165) is 24.8 Å². The average molecular weight is 324 g/mol. The molecule has 1 aromatic rings. The van der Waals surface area contributed by atoms with Gasteiger partial charge in [-0.25, -0.2) is 0 Å². The van der Waals surface area contributed by atoms with Gasteiger partial charge in [0.15, 0.2) is 11.5 Å². The van der Waals surface area contributed by atoms with Crippen LogP contribution in [0.5, 0.6) is 11.5 Å². The molecule has 5 nitrogen and oxygen atoms in total. The molecule has 0 aromatic heterocycles. The lowest BCUT2D eigenvalue weighted by molar-refractivity contribution is -0.148. The second-order valence-electron chi connectivity index (χ2n) is 5.98. The van der Waals surface area contributed by atoms with Crippen molar-refractivity contribution in [2.45, 2.75) is 71.0 Å². The fourth-order valence-electron chi connectivity index (χ4n) is 2.56. The van der Waals surface area contributed by atoms with Crippen LogP contribution in [0.3, 0.4) is 0 Å². The van der Waals surface area contributed by atoms with Gasteiger partial charge in [-0.05, 0) is 37.0 Å². The molecule has 0 bridgehead atoms. The van der Waals surface area contributed by atoms with Crippen LogP contribution in [0.2, 0.25) is 0 Å². The number of unbranched alkanes of at least 4 members (excludes halogenated alkanes) is 2. The normalized spacial score (nSPS) is 13.5. The van der Waals surface area contributed by atoms with Crippen molar-refractivity contribution in [3.63, 3.8) is 0 Å². The van der Waals surface area contributed by atoms with Crippen LogP contribution in [0.4, 0.5) is 0 Å². The van der Waals surface area contributed by atoms with Gasteiger partial charge >= 0.3 is 5.97 Å². The van der Waals surface area contributed by atoms with E-state index < -0.39 is 6.10 Å². The van der Waals surface area contributed by atoms with Gasteiger partial charge in [0, 0.05) is 13.3 Å². The number of aliphatic hydroxyl groups is 1. The average Bonchev–Trinajstić information content (AvgIpc) is 2.48. The summed E-state index contributed by atoms with van der Waals surface area (Å²) in [5.74, 6) is -0.674. The van der Waals surface area contributed by atoms with Crippen molar-refractivity contribution in [3.8, 4) is 11.5 Å². The van der Waals surface area contributed by atoms with Crippen molar-refractivity contribution >= 4 is 5.97 Å². The number of hydrogen-bond donors (Lipinski definition) is 3. The molecule has 0 amide bonds. The molecule has 0 saturated carbocycles. The topological polar surface area (TPSA) is 87.0 Å². The predicted molar refractivity (Wildman–Crippen MR) is 88.4 cm³/mol. The van der Waals surface area contributed by atoms with Gasteiger partial charge in [0.05, 0.1) is 6.10 Å². The summed E-state index contributed by atoms with van der Waals surface area (Å²) in [5.41, 5.74) is 0.845. The maximum absolute atomic E-state index is 11.2. The fraction of sp³-hybridized carbons (Fsp3) is 0.611. The van der Waals surface area contributed by atoms with E-state index in [9.17, 15) is 20.1 Å². The Kier molecular flexibility index (Phi) is 8.48. The molecule has 0 spiro atoms. The highest BCUT2D eigenvalue weighted by molar-refractivity contribution is 5.66. The number of hydrogen-bond acceptors (Lipinski definition) is 5. The number of phenols is 2. The molecule has 23 heavy (non-hydrogen) atoms. The number of aryl methyl sites for hydroxylation is 1. The highest BCUT2D eigenvalue weighted by Crippen LogP contribution is 2.26. The molecule has 0 saturated heterocycles. The number of benzene rings is 1. The van der Waals surface area contributed by atoms with E-state index in [0.29, 0.717) is 25.7 Å². The third kappa shape index (κ3) is 7.88. The number of aliphatic hydroxyl groups excluding tert-OH is 1. The van der Waals surface area contributed by atoms with E-state index in [4.69, 9.17) is 4.74 Å². The maximum atomic E-state index is 11.2. The summed E-state index contributed by atoms with van der Waals surface area (Å²) in [4.78, 5) is 11.2. The first-order valence-corrected chi connectivity index (χ1v) is 8.28. The summed E-state index contributed by atoms with van der Waals surface area (Å²) in [7, 11) is 0. The molecule has 2 atom stereocenters. The number of carbonyl (C=O) groups is 1. The number of rotatable bonds is 10. The SMILES string of the molecule is CCCCC[C@H](O)C[C@H](CCc1ccc(O)c(O)c1)OC(C)=O. The van der Waals surface area contributed by atoms with Gasteiger partial charge < -0.3 is 20.1 Å². The second kappa shape index (κ2) is 10.1. The summed E-state index contributed by atoms with van der Waals surface area (Å²) in [6, 6.07) is 4.65. The lowest BCUT2D eigenvalue weighted by Crippen LogP contribution is -2.23. The monoisotopic (exact) mass is 324 g/mol. The van der Waals surface area contributed by atoms with Crippen LogP contribution in [-0.4, -0.2) is 33.5 Å². The van der Waals surface area contributed by atoms with E-state index in [-0.39, 0.29) is 23.6 Å². The summed E-state index contributed by atoms with van der Waals surface area (Å²) < 4.78 is 5.29. The number of ether oxygens (including phenoxy) is 1. The first-order valence-electron chi connectivity index (χ1n) is 8.28. The van der Waals surface area contributed by atoms with E-state index in [1.54, 1.807) is 6.07 Å². The Morgan fingerprint density at radius 1 is 1.17 bits per heavy atom. The van der Waals surface area contributed by atoms with E-state index >= 15 is 0 Å². The molecule has 130 valence electrons. The molecular formula is C18H28O5. The number of phenolic OH excluding ortho intramolecular Hbond substituents is 2. The largest absolute Gasteiger partial charge is 0.504 e. The molecule has 0 aliphatic heterocycles. The highest BCUT2D eigenvalue weighted by Gasteiger charge is 2.17. The first kappa shape index (κ1) is 19.3. The van der Waals surface area contributed by atoms with Crippen molar-refractivity contribution in [2.24, 2.45) is 0 Å². The number of esters is 1. The van der Waals surface area contributed by atoms with E-state index in [1.165, 1.54) is 19.1 Å². The summed E-state index contributed by atoms with van der Waals surface area (Å²) in [6.45, 7) is 3.48. The highest BCUT2D eigenvalue weighted by atomic mass is 16.5. The lowest BCUT2D eigenvalue weighted by atomic mass is 9.99.